The van der Waals surface area contributed by atoms with Crippen LogP contribution in [0.15, 0.2) is 48.5 Å². The molecule has 6 nitrogen and oxygen atoms in total. The molecule has 2 aromatic carbocycles. The highest BCUT2D eigenvalue weighted by Gasteiger charge is 2.21. The molecule has 2 aliphatic rings. The van der Waals surface area contributed by atoms with E-state index in [4.69, 9.17) is 19.2 Å². The highest BCUT2D eigenvalue weighted by atomic mass is 16.7. The zero-order valence-corrected chi connectivity index (χ0v) is 16.9. The van der Waals surface area contributed by atoms with Gasteiger partial charge in [0, 0.05) is 24.3 Å². The summed E-state index contributed by atoms with van der Waals surface area (Å²) in [7, 11) is 0. The molecule has 3 heterocycles. The molecular weight excluding hydrogens is 380 g/mol. The molecule has 1 unspecified atom stereocenters. The Labute approximate surface area is 175 Å². The number of hydrogen-bond acceptors (Lipinski definition) is 6. The van der Waals surface area contributed by atoms with Crippen molar-refractivity contribution < 1.29 is 19.3 Å². The smallest absolute Gasteiger partial charge is 0.231 e. The van der Waals surface area contributed by atoms with Crippen molar-refractivity contribution in [3.05, 3.63) is 54.1 Å². The average Bonchev–Trinajstić information content (AvgIpc) is 3.45. The molecule has 0 radical (unpaired) electrons. The third kappa shape index (κ3) is 3.66. The number of aromatic nitrogens is 1. The molecule has 0 saturated carbocycles. The van der Waals surface area contributed by atoms with Gasteiger partial charge in [-0.25, -0.2) is 4.98 Å². The molecule has 154 valence electrons. The first-order chi connectivity index (χ1) is 14.7. The van der Waals surface area contributed by atoms with Crippen molar-refractivity contribution in [2.45, 2.75) is 25.9 Å². The van der Waals surface area contributed by atoms with E-state index < -0.39 is 0 Å². The normalized spacial score (nSPS) is 17.3. The van der Waals surface area contributed by atoms with Crippen LogP contribution in [0.1, 0.15) is 18.4 Å². The molecule has 1 saturated heterocycles. The molecule has 5 rings (SSSR count). The van der Waals surface area contributed by atoms with Crippen LogP contribution in [0, 0.1) is 6.92 Å². The molecule has 1 aromatic heterocycles. The van der Waals surface area contributed by atoms with E-state index in [2.05, 4.69) is 5.32 Å². The maximum atomic E-state index is 10.5. The molecule has 3 aromatic rings. The van der Waals surface area contributed by atoms with Crippen LogP contribution in [0.4, 0.5) is 5.82 Å². The molecule has 2 N–H and O–H groups in total. The number of rotatable bonds is 5. The van der Waals surface area contributed by atoms with Crippen molar-refractivity contribution in [1.82, 2.24) is 4.98 Å². The number of pyridine rings is 1. The van der Waals surface area contributed by atoms with Crippen LogP contribution in [0.25, 0.3) is 22.4 Å². The van der Waals surface area contributed by atoms with E-state index in [0.717, 1.165) is 53.5 Å². The zero-order chi connectivity index (χ0) is 20.5. The number of hydrogen-bond donors (Lipinski definition) is 2. The van der Waals surface area contributed by atoms with Crippen molar-refractivity contribution in [2.24, 2.45) is 0 Å². The second-order valence-corrected chi connectivity index (χ2v) is 7.70. The van der Waals surface area contributed by atoms with E-state index >= 15 is 0 Å². The molecule has 1 fully saturated rings. The summed E-state index contributed by atoms with van der Waals surface area (Å²) in [5.41, 5.74) is 4.32. The molecule has 30 heavy (non-hydrogen) atoms. The summed E-state index contributed by atoms with van der Waals surface area (Å²) in [5.74, 6) is 2.40. The van der Waals surface area contributed by atoms with Crippen LogP contribution in [-0.4, -0.2) is 36.1 Å². The third-order valence-corrected chi connectivity index (χ3v) is 5.50. The quantitative estimate of drug-likeness (QED) is 0.639. The van der Waals surface area contributed by atoms with Crippen LogP contribution in [0.5, 0.6) is 17.2 Å². The largest absolute Gasteiger partial charge is 0.507 e. The van der Waals surface area contributed by atoms with Gasteiger partial charge in [0.05, 0.1) is 11.8 Å². The monoisotopic (exact) mass is 404 g/mol. The molecule has 6 heteroatoms. The van der Waals surface area contributed by atoms with Gasteiger partial charge in [0.25, 0.3) is 0 Å². The highest BCUT2D eigenvalue weighted by Crippen LogP contribution is 2.43. The number of para-hydroxylation sites is 1. The van der Waals surface area contributed by atoms with Crippen LogP contribution >= 0.6 is 0 Å². The van der Waals surface area contributed by atoms with E-state index in [-0.39, 0.29) is 18.6 Å². The minimum atomic E-state index is 0.198. The first-order valence-corrected chi connectivity index (χ1v) is 10.2. The van der Waals surface area contributed by atoms with Crippen LogP contribution in [0.2, 0.25) is 0 Å². The summed E-state index contributed by atoms with van der Waals surface area (Å²) in [6.07, 6.45) is 2.34. The van der Waals surface area contributed by atoms with E-state index in [1.807, 2.05) is 49.4 Å². The number of anilines is 1. The summed E-state index contributed by atoms with van der Waals surface area (Å²) in [5, 5.41) is 13.9. The van der Waals surface area contributed by atoms with Gasteiger partial charge in [-0.1, -0.05) is 23.8 Å². The number of nitrogens with zero attached hydrogens (tertiary/aromatic N) is 1. The lowest BCUT2D eigenvalue weighted by Gasteiger charge is -2.15. The van der Waals surface area contributed by atoms with Gasteiger partial charge in [0.15, 0.2) is 11.5 Å². The first-order valence-electron chi connectivity index (χ1n) is 10.2. The second-order valence-electron chi connectivity index (χ2n) is 7.70. The van der Waals surface area contributed by atoms with E-state index in [1.54, 1.807) is 6.07 Å². The summed E-state index contributed by atoms with van der Waals surface area (Å²) >= 11 is 0. The minimum Gasteiger partial charge on any atom is -0.507 e. The number of aromatic hydroxyl groups is 1. The second kappa shape index (κ2) is 7.88. The Bertz CT molecular complexity index is 1080. The SMILES string of the molecule is Cc1ccc(O)c(-c2cc(-c3cccc4c3OCO4)cc(NCC3CCCO3)n2)c1. The number of ether oxygens (including phenoxy) is 3. The number of fused-ring (bicyclic) bond motifs is 1. The number of nitrogens with one attached hydrogen (secondary N) is 1. The van der Waals surface area contributed by atoms with Crippen LogP contribution < -0.4 is 14.8 Å². The Kier molecular flexibility index (Phi) is 4.93. The van der Waals surface area contributed by atoms with Gasteiger partial charge in [-0.2, -0.15) is 0 Å². The summed E-state index contributed by atoms with van der Waals surface area (Å²) in [6.45, 7) is 3.73. The zero-order valence-electron chi connectivity index (χ0n) is 16.9. The summed E-state index contributed by atoms with van der Waals surface area (Å²) in [4.78, 5) is 4.79. The van der Waals surface area contributed by atoms with Crippen molar-refractivity contribution in [3.63, 3.8) is 0 Å². The predicted octanol–water partition coefficient (Wildman–Crippen LogP) is 4.75. The Balaban J connectivity index is 1.58. The van der Waals surface area contributed by atoms with Crippen molar-refractivity contribution in [2.75, 3.05) is 25.3 Å². The van der Waals surface area contributed by atoms with E-state index in [1.165, 1.54) is 0 Å². The molecular formula is C24H24N2O4. The Morgan fingerprint density at radius 1 is 1.10 bits per heavy atom. The Morgan fingerprint density at radius 3 is 2.90 bits per heavy atom. The number of aryl methyl sites for hydroxylation is 1. The number of benzene rings is 2. The lowest BCUT2D eigenvalue weighted by Crippen LogP contribution is -2.19. The highest BCUT2D eigenvalue weighted by molar-refractivity contribution is 5.81. The summed E-state index contributed by atoms with van der Waals surface area (Å²) in [6, 6.07) is 15.4. The van der Waals surface area contributed by atoms with Crippen molar-refractivity contribution >= 4 is 5.82 Å². The Morgan fingerprint density at radius 2 is 2.03 bits per heavy atom. The van der Waals surface area contributed by atoms with Gasteiger partial charge >= 0.3 is 0 Å². The number of phenols is 1. The molecule has 0 spiro atoms. The van der Waals surface area contributed by atoms with Gasteiger partial charge in [-0.05, 0) is 55.7 Å². The molecule has 0 aliphatic carbocycles. The fourth-order valence-electron chi connectivity index (χ4n) is 3.95. The van der Waals surface area contributed by atoms with Crippen LogP contribution in [-0.2, 0) is 4.74 Å². The molecule has 0 bridgehead atoms. The fraction of sp³-hybridized carbons (Fsp3) is 0.292. The van der Waals surface area contributed by atoms with E-state index in [9.17, 15) is 5.11 Å². The van der Waals surface area contributed by atoms with Crippen LogP contribution in [0.3, 0.4) is 0 Å². The maximum absolute atomic E-state index is 10.5. The Hall–Kier alpha value is -3.25. The average molecular weight is 404 g/mol. The molecule has 0 amide bonds. The van der Waals surface area contributed by atoms with Gasteiger partial charge in [-0.3, -0.25) is 0 Å². The minimum absolute atomic E-state index is 0.198. The van der Waals surface area contributed by atoms with Crippen molar-refractivity contribution in [3.8, 4) is 39.6 Å². The summed E-state index contributed by atoms with van der Waals surface area (Å²) < 4.78 is 17.0. The maximum Gasteiger partial charge on any atom is 0.231 e. The fourth-order valence-corrected chi connectivity index (χ4v) is 3.95. The first kappa shape index (κ1) is 18.8. The van der Waals surface area contributed by atoms with Gasteiger partial charge in [0.1, 0.15) is 11.6 Å². The van der Waals surface area contributed by atoms with Gasteiger partial charge < -0.3 is 24.6 Å². The van der Waals surface area contributed by atoms with Gasteiger partial charge in [-0.15, -0.1) is 0 Å². The lowest BCUT2D eigenvalue weighted by atomic mass is 10.0. The molecule has 1 atom stereocenters. The topological polar surface area (TPSA) is 72.8 Å². The van der Waals surface area contributed by atoms with Gasteiger partial charge in [0.2, 0.25) is 6.79 Å². The number of phenolic OH excluding ortho intramolecular Hbond substituents is 1. The van der Waals surface area contributed by atoms with E-state index in [0.29, 0.717) is 17.8 Å². The molecule has 2 aliphatic heterocycles. The van der Waals surface area contributed by atoms with Crippen molar-refractivity contribution in [1.29, 1.82) is 0 Å². The standard InChI is InChI=1S/C24H24N2O4/c1-15-7-8-21(27)19(10-15)20-11-16(18-5-2-6-22-24(18)30-14-29-22)12-23(26-20)25-13-17-4-3-9-28-17/h2,5-8,10-12,17,27H,3-4,9,13-14H2,1H3,(H,25,26). The predicted molar refractivity (Wildman–Crippen MR) is 115 cm³/mol. The lowest BCUT2D eigenvalue weighted by molar-refractivity contribution is 0.120. The third-order valence-electron chi connectivity index (χ3n) is 5.50.